The molecule has 4 nitrogen and oxygen atoms in total. The monoisotopic (exact) mass is 470 g/mol. The lowest BCUT2D eigenvalue weighted by atomic mass is 9.43. The molecule has 0 radical (unpaired) electrons. The van der Waals surface area contributed by atoms with E-state index in [-0.39, 0.29) is 35.4 Å². The largest absolute Gasteiger partial charge is 0.392 e. The summed E-state index contributed by atoms with van der Waals surface area (Å²) in [5.41, 5.74) is 2.81. The topological polar surface area (TPSA) is 74.6 Å². The van der Waals surface area contributed by atoms with Crippen molar-refractivity contribution in [3.63, 3.8) is 0 Å². The van der Waals surface area contributed by atoms with Crippen LogP contribution in [0.2, 0.25) is 0 Å². The van der Waals surface area contributed by atoms with Crippen molar-refractivity contribution in [2.24, 2.45) is 39.4 Å². The number of allylic oxidation sites excluding steroid dienone is 3. The van der Waals surface area contributed by atoms with Crippen LogP contribution < -0.4 is 0 Å². The Kier molecular flexibility index (Phi) is 6.60. The van der Waals surface area contributed by atoms with Gasteiger partial charge in [-0.25, -0.2) is 0 Å². The summed E-state index contributed by atoms with van der Waals surface area (Å²) in [6.07, 6.45) is 10.3. The predicted molar refractivity (Wildman–Crippen MR) is 135 cm³/mol. The highest BCUT2D eigenvalue weighted by atomic mass is 16.3. The summed E-state index contributed by atoms with van der Waals surface area (Å²) >= 11 is 0. The smallest absolute Gasteiger partial charge is 0.159 e. The summed E-state index contributed by atoms with van der Waals surface area (Å²) in [5, 5.41) is 18.7. The van der Waals surface area contributed by atoms with E-state index >= 15 is 0 Å². The van der Waals surface area contributed by atoms with Crippen molar-refractivity contribution < 1.29 is 19.8 Å². The van der Waals surface area contributed by atoms with Gasteiger partial charge in [-0.15, -0.1) is 0 Å². The number of hydrogen-bond acceptors (Lipinski definition) is 4. The highest BCUT2D eigenvalue weighted by Crippen LogP contribution is 2.71. The molecule has 6 atom stereocenters. The van der Waals surface area contributed by atoms with E-state index < -0.39 is 5.41 Å². The number of aliphatic hydroxyl groups excluding tert-OH is 2. The van der Waals surface area contributed by atoms with E-state index in [0.717, 1.165) is 50.5 Å². The van der Waals surface area contributed by atoms with Crippen LogP contribution in [0.25, 0.3) is 0 Å². The SMILES string of the molecule is CC(CCC=C(CO)CO)C1CCC2(C)C3=C(CCC12C)C1(C)CCC(=O)C(C)(C)C1CC3=O. The van der Waals surface area contributed by atoms with Crippen LogP contribution in [-0.4, -0.2) is 35.0 Å². The Bertz CT molecular complexity index is 920. The number of fused-ring (bicyclic) bond motifs is 4. The van der Waals surface area contributed by atoms with E-state index in [1.807, 2.05) is 6.08 Å². The molecule has 6 unspecified atom stereocenters. The first kappa shape index (κ1) is 25.8. The molecule has 34 heavy (non-hydrogen) atoms. The molecule has 0 aromatic heterocycles. The molecule has 0 spiro atoms. The number of carbonyl (C=O) groups is 2. The van der Waals surface area contributed by atoms with Crippen LogP contribution in [-0.2, 0) is 9.59 Å². The molecule has 4 heteroatoms. The maximum absolute atomic E-state index is 13.9. The molecule has 4 aliphatic rings. The van der Waals surface area contributed by atoms with Crippen molar-refractivity contribution in [2.75, 3.05) is 13.2 Å². The summed E-state index contributed by atoms with van der Waals surface area (Å²) in [5.74, 6) is 1.86. The van der Waals surface area contributed by atoms with Gasteiger partial charge >= 0.3 is 0 Å². The maximum Gasteiger partial charge on any atom is 0.159 e. The molecule has 2 N–H and O–H groups in total. The fourth-order valence-electron chi connectivity index (χ4n) is 9.05. The fraction of sp³-hybridized carbons (Fsp3) is 0.800. The van der Waals surface area contributed by atoms with E-state index in [1.165, 1.54) is 5.57 Å². The summed E-state index contributed by atoms with van der Waals surface area (Å²) in [7, 11) is 0. The predicted octanol–water partition coefficient (Wildman–Crippen LogP) is 5.81. The minimum Gasteiger partial charge on any atom is -0.392 e. The van der Waals surface area contributed by atoms with Crippen molar-refractivity contribution in [2.45, 2.75) is 99.3 Å². The molecule has 0 bridgehead atoms. The molecule has 0 aliphatic heterocycles. The van der Waals surface area contributed by atoms with Gasteiger partial charge in [0, 0.05) is 29.2 Å². The maximum atomic E-state index is 13.9. The second-order valence-electron chi connectivity index (χ2n) is 13.2. The van der Waals surface area contributed by atoms with Crippen molar-refractivity contribution in [1.82, 2.24) is 0 Å². The number of Topliss-reactive ketones (excluding diaryl/α,β-unsaturated/α-hetero) is 2. The van der Waals surface area contributed by atoms with E-state index in [2.05, 4.69) is 41.5 Å². The highest BCUT2D eigenvalue weighted by Gasteiger charge is 2.65. The number of hydrogen-bond donors (Lipinski definition) is 2. The number of aliphatic hydroxyl groups is 2. The van der Waals surface area contributed by atoms with Gasteiger partial charge in [-0.3, -0.25) is 9.59 Å². The molecule has 0 amide bonds. The van der Waals surface area contributed by atoms with E-state index in [4.69, 9.17) is 0 Å². The number of ketones is 2. The Morgan fingerprint density at radius 3 is 2.35 bits per heavy atom. The Balaban J connectivity index is 1.65. The van der Waals surface area contributed by atoms with Crippen molar-refractivity contribution >= 4 is 11.6 Å². The second kappa shape index (κ2) is 8.69. The van der Waals surface area contributed by atoms with Gasteiger partial charge in [0.25, 0.3) is 0 Å². The Labute approximate surface area is 206 Å². The first-order valence-electron chi connectivity index (χ1n) is 13.6. The van der Waals surface area contributed by atoms with Gasteiger partial charge < -0.3 is 10.2 Å². The quantitative estimate of drug-likeness (QED) is 0.480. The third-order valence-corrected chi connectivity index (χ3v) is 11.5. The lowest BCUT2D eigenvalue weighted by Gasteiger charge is -2.60. The summed E-state index contributed by atoms with van der Waals surface area (Å²) < 4.78 is 0. The number of carbonyl (C=O) groups excluding carboxylic acids is 2. The van der Waals surface area contributed by atoms with Gasteiger partial charge in [0.05, 0.1) is 13.2 Å². The van der Waals surface area contributed by atoms with Crippen molar-refractivity contribution in [3.05, 3.63) is 22.8 Å². The third kappa shape index (κ3) is 3.53. The van der Waals surface area contributed by atoms with Crippen LogP contribution in [0.4, 0.5) is 0 Å². The van der Waals surface area contributed by atoms with E-state index in [1.54, 1.807) is 0 Å². The average Bonchev–Trinajstić information content (AvgIpc) is 3.07. The molecule has 4 rings (SSSR count). The van der Waals surface area contributed by atoms with Crippen LogP contribution >= 0.6 is 0 Å². The zero-order chi connectivity index (χ0) is 25.1. The van der Waals surface area contributed by atoms with Crippen LogP contribution in [0.3, 0.4) is 0 Å². The summed E-state index contributed by atoms with van der Waals surface area (Å²) in [4.78, 5) is 26.7. The van der Waals surface area contributed by atoms with Crippen molar-refractivity contribution in [1.29, 1.82) is 0 Å². The molecular weight excluding hydrogens is 424 g/mol. The third-order valence-electron chi connectivity index (χ3n) is 11.5. The Morgan fingerprint density at radius 1 is 1.03 bits per heavy atom. The second-order valence-corrected chi connectivity index (χ2v) is 13.2. The molecule has 2 saturated carbocycles. The van der Waals surface area contributed by atoms with Crippen molar-refractivity contribution in [3.8, 4) is 0 Å². The zero-order valence-electron chi connectivity index (χ0n) is 22.3. The van der Waals surface area contributed by atoms with Gasteiger partial charge in [-0.2, -0.15) is 0 Å². The van der Waals surface area contributed by atoms with E-state index in [9.17, 15) is 19.8 Å². The zero-order valence-corrected chi connectivity index (χ0v) is 22.3. The molecule has 0 saturated heterocycles. The minimum absolute atomic E-state index is 0.0372. The standard InChI is InChI=1S/C30H46O4/c1-19(8-7-9-20(17-31)18-32)21-10-15-30(6)26-22(11-14-29(21,30)5)28(4)13-12-25(34)27(2,3)24(28)16-23(26)33/h9,19,21,24,31-32H,7-8,10-18H2,1-6H3. The number of rotatable bonds is 6. The van der Waals surface area contributed by atoms with Gasteiger partial charge in [0.1, 0.15) is 5.78 Å². The van der Waals surface area contributed by atoms with Gasteiger partial charge in [-0.1, -0.05) is 53.2 Å². The van der Waals surface area contributed by atoms with Gasteiger partial charge in [-0.05, 0) is 79.1 Å². The highest BCUT2D eigenvalue weighted by molar-refractivity contribution is 6.00. The minimum atomic E-state index is -0.426. The molecular formula is C30H46O4. The van der Waals surface area contributed by atoms with Crippen LogP contribution in [0.15, 0.2) is 22.8 Å². The molecule has 4 aliphatic carbocycles. The fourth-order valence-corrected chi connectivity index (χ4v) is 9.05. The lowest BCUT2D eigenvalue weighted by Crippen LogP contribution is -2.56. The molecule has 0 heterocycles. The van der Waals surface area contributed by atoms with E-state index in [0.29, 0.717) is 41.8 Å². The average molecular weight is 471 g/mol. The van der Waals surface area contributed by atoms with Crippen LogP contribution in [0.5, 0.6) is 0 Å². The summed E-state index contributed by atoms with van der Waals surface area (Å²) in [6.45, 7) is 13.5. The van der Waals surface area contributed by atoms with Crippen LogP contribution in [0.1, 0.15) is 99.3 Å². The normalized spacial score (nSPS) is 39.9. The first-order chi connectivity index (χ1) is 15.9. The molecule has 0 aromatic rings. The molecule has 0 aromatic carbocycles. The van der Waals surface area contributed by atoms with Gasteiger partial charge in [0.2, 0.25) is 0 Å². The Morgan fingerprint density at radius 2 is 1.71 bits per heavy atom. The molecule has 190 valence electrons. The molecule has 2 fully saturated rings. The van der Waals surface area contributed by atoms with Crippen LogP contribution in [0, 0.1) is 39.4 Å². The lowest BCUT2D eigenvalue weighted by molar-refractivity contribution is -0.142. The van der Waals surface area contributed by atoms with Gasteiger partial charge in [0.15, 0.2) is 5.78 Å². The summed E-state index contributed by atoms with van der Waals surface area (Å²) in [6, 6.07) is 0. The Hall–Kier alpha value is -1.26. The first-order valence-corrected chi connectivity index (χ1v) is 13.6.